The summed E-state index contributed by atoms with van der Waals surface area (Å²) < 4.78 is 0. The molecule has 0 aliphatic carbocycles. The maximum absolute atomic E-state index is 12.0. The smallest absolute Gasteiger partial charge is 0.297 e. The topological polar surface area (TPSA) is 65.4 Å². The van der Waals surface area contributed by atoms with Crippen LogP contribution >= 0.6 is 0 Å². The van der Waals surface area contributed by atoms with Crippen LogP contribution in [0.25, 0.3) is 0 Å². The Morgan fingerprint density at radius 3 is 2.30 bits per heavy atom. The largest absolute Gasteiger partial charge is 0.356 e. The number of carbonyl (C=O) groups excluding carboxylic acids is 1. The molecule has 0 radical (unpaired) electrons. The van der Waals surface area contributed by atoms with Crippen LogP contribution < -0.4 is 10.4 Å². The summed E-state index contributed by atoms with van der Waals surface area (Å²) >= 11 is 0. The molecule has 0 saturated carbocycles. The van der Waals surface area contributed by atoms with E-state index in [2.05, 4.69) is 10.3 Å². The number of nitriles is 1. The van der Waals surface area contributed by atoms with Crippen LogP contribution in [0.4, 0.5) is 10.5 Å². The molecule has 2 aromatic rings. The third kappa shape index (κ3) is 3.50. The molecule has 0 spiro atoms. The average molecular weight is 267 g/mol. The minimum Gasteiger partial charge on any atom is -0.297 e. The van der Waals surface area contributed by atoms with Crippen LogP contribution in [0.15, 0.2) is 60.7 Å². The van der Waals surface area contributed by atoms with E-state index in [9.17, 15) is 4.79 Å². The van der Waals surface area contributed by atoms with Gasteiger partial charge in [-0.25, -0.2) is 4.79 Å². The summed E-state index contributed by atoms with van der Waals surface area (Å²) in [6.07, 6.45) is 1.41. The third-order valence-electron chi connectivity index (χ3n) is 2.68. The number of hydroxylamine groups is 1. The van der Waals surface area contributed by atoms with Crippen molar-refractivity contribution in [3.05, 3.63) is 66.2 Å². The Balaban J connectivity index is 2.21. The second kappa shape index (κ2) is 6.81. The van der Waals surface area contributed by atoms with E-state index >= 15 is 0 Å². The number of carbonyl (C=O) groups is 1. The van der Waals surface area contributed by atoms with Gasteiger partial charge in [0, 0.05) is 5.69 Å². The molecule has 1 N–H and O–H groups in total. The number of urea groups is 1. The fraction of sp³-hybridized carbons (Fsp3) is 0.0667. The highest BCUT2D eigenvalue weighted by Crippen LogP contribution is 2.16. The summed E-state index contributed by atoms with van der Waals surface area (Å²) in [7, 11) is 0. The summed E-state index contributed by atoms with van der Waals surface area (Å²) in [5.41, 5.74) is 3.77. The quantitative estimate of drug-likeness (QED) is 0.684. The number of nitrogens with one attached hydrogen (secondary N) is 1. The van der Waals surface area contributed by atoms with Gasteiger partial charge < -0.3 is 0 Å². The Morgan fingerprint density at radius 2 is 1.70 bits per heavy atom. The van der Waals surface area contributed by atoms with Crippen LogP contribution in [-0.2, 0) is 11.4 Å². The van der Waals surface area contributed by atoms with Gasteiger partial charge in [0.15, 0.2) is 0 Å². The predicted octanol–water partition coefficient (Wildman–Crippen LogP) is 2.82. The lowest BCUT2D eigenvalue weighted by molar-refractivity contribution is 0.157. The lowest BCUT2D eigenvalue weighted by Crippen LogP contribution is -2.39. The molecule has 5 heteroatoms. The standard InChI is InChI=1S/C15H13N3O2/c16-12-20-17-15(19)18(14-9-5-2-6-10-14)11-13-7-3-1-4-8-13/h1-10H,11H2,(H,17,19). The fourth-order valence-electron chi connectivity index (χ4n) is 1.78. The zero-order valence-corrected chi connectivity index (χ0v) is 10.7. The Labute approximate surface area is 117 Å². The minimum absolute atomic E-state index is 0.380. The summed E-state index contributed by atoms with van der Waals surface area (Å²) in [5.74, 6) is 0. The molecule has 0 fully saturated rings. The Morgan fingerprint density at radius 1 is 1.10 bits per heavy atom. The number of hydrogen-bond acceptors (Lipinski definition) is 3. The summed E-state index contributed by atoms with van der Waals surface area (Å²) in [5, 5.41) is 8.35. The highest BCUT2D eigenvalue weighted by atomic mass is 16.6. The van der Waals surface area contributed by atoms with E-state index in [1.165, 1.54) is 11.2 Å². The molecule has 0 unspecified atom stereocenters. The molecule has 0 aromatic heterocycles. The highest BCUT2D eigenvalue weighted by molar-refractivity contribution is 5.91. The number of anilines is 1. The van der Waals surface area contributed by atoms with E-state index < -0.39 is 6.03 Å². The number of amides is 2. The van der Waals surface area contributed by atoms with E-state index in [-0.39, 0.29) is 0 Å². The van der Waals surface area contributed by atoms with Gasteiger partial charge in [-0.3, -0.25) is 9.74 Å². The summed E-state index contributed by atoms with van der Waals surface area (Å²) in [6, 6.07) is 18.2. The molecule has 0 aliphatic rings. The molecule has 2 aromatic carbocycles. The lowest BCUT2D eigenvalue weighted by atomic mass is 10.2. The van der Waals surface area contributed by atoms with Crippen LogP contribution in [0.2, 0.25) is 0 Å². The molecule has 5 nitrogen and oxygen atoms in total. The van der Waals surface area contributed by atoms with Crippen molar-refractivity contribution in [2.75, 3.05) is 4.90 Å². The van der Waals surface area contributed by atoms with Crippen molar-refractivity contribution in [3.63, 3.8) is 0 Å². The molecule has 0 heterocycles. The maximum atomic E-state index is 12.0. The van der Waals surface area contributed by atoms with Gasteiger partial charge in [0.1, 0.15) is 0 Å². The zero-order chi connectivity index (χ0) is 14.2. The molecule has 0 atom stereocenters. The van der Waals surface area contributed by atoms with Crippen LogP contribution in [0.1, 0.15) is 5.56 Å². The summed E-state index contributed by atoms with van der Waals surface area (Å²) in [6.45, 7) is 0.380. The van der Waals surface area contributed by atoms with Crippen LogP contribution in [0.3, 0.4) is 0 Å². The van der Waals surface area contributed by atoms with E-state index in [1.54, 1.807) is 0 Å². The molecule has 0 aliphatic heterocycles. The Kier molecular flexibility index (Phi) is 4.57. The summed E-state index contributed by atoms with van der Waals surface area (Å²) in [4.78, 5) is 17.8. The first-order valence-electron chi connectivity index (χ1n) is 6.02. The van der Waals surface area contributed by atoms with Gasteiger partial charge >= 0.3 is 12.3 Å². The minimum atomic E-state index is -0.499. The van der Waals surface area contributed by atoms with E-state index in [4.69, 9.17) is 5.26 Å². The fourth-order valence-corrected chi connectivity index (χ4v) is 1.78. The number of nitrogens with zero attached hydrogens (tertiary/aromatic N) is 2. The molecule has 0 saturated heterocycles. The first-order valence-corrected chi connectivity index (χ1v) is 6.02. The molecular weight excluding hydrogens is 254 g/mol. The van der Waals surface area contributed by atoms with Gasteiger partial charge in [-0.2, -0.15) is 5.48 Å². The SMILES string of the molecule is N#CONC(=O)N(Cc1ccccc1)c1ccccc1. The molecule has 2 rings (SSSR count). The number of rotatable bonds is 4. The van der Waals surface area contributed by atoms with Gasteiger partial charge in [0.05, 0.1) is 6.54 Å². The van der Waals surface area contributed by atoms with Crippen molar-refractivity contribution in [2.24, 2.45) is 0 Å². The van der Waals surface area contributed by atoms with Gasteiger partial charge in [-0.05, 0) is 17.7 Å². The van der Waals surface area contributed by atoms with E-state index in [1.807, 2.05) is 60.7 Å². The van der Waals surface area contributed by atoms with Crippen molar-refractivity contribution >= 4 is 11.7 Å². The van der Waals surface area contributed by atoms with Gasteiger partial charge in [0.2, 0.25) is 0 Å². The van der Waals surface area contributed by atoms with Crippen molar-refractivity contribution in [2.45, 2.75) is 6.54 Å². The molecule has 2 amide bonds. The highest BCUT2D eigenvalue weighted by Gasteiger charge is 2.16. The Bertz CT molecular complexity index is 594. The third-order valence-corrected chi connectivity index (χ3v) is 2.68. The van der Waals surface area contributed by atoms with E-state index in [0.29, 0.717) is 6.54 Å². The molecular formula is C15H13N3O2. The van der Waals surface area contributed by atoms with Crippen LogP contribution in [0, 0.1) is 11.5 Å². The maximum Gasteiger partial charge on any atom is 0.356 e. The van der Waals surface area contributed by atoms with Gasteiger partial charge in [-0.1, -0.05) is 48.5 Å². The van der Waals surface area contributed by atoms with Gasteiger partial charge in [-0.15, -0.1) is 5.26 Å². The monoisotopic (exact) mass is 267 g/mol. The predicted molar refractivity (Wildman–Crippen MR) is 74.3 cm³/mol. The van der Waals surface area contributed by atoms with E-state index in [0.717, 1.165) is 11.3 Å². The normalized spacial score (nSPS) is 9.35. The lowest BCUT2D eigenvalue weighted by Gasteiger charge is -2.22. The molecule has 20 heavy (non-hydrogen) atoms. The van der Waals surface area contributed by atoms with Crippen molar-refractivity contribution in [3.8, 4) is 6.26 Å². The average Bonchev–Trinajstić information content (AvgIpc) is 2.52. The first kappa shape index (κ1) is 13.4. The molecule has 100 valence electrons. The van der Waals surface area contributed by atoms with Crippen LogP contribution in [0.5, 0.6) is 0 Å². The molecule has 0 bridgehead atoms. The second-order valence-electron chi connectivity index (χ2n) is 4.01. The zero-order valence-electron chi connectivity index (χ0n) is 10.7. The first-order chi connectivity index (χ1) is 9.81. The Hall–Kier alpha value is -3.00. The van der Waals surface area contributed by atoms with Crippen molar-refractivity contribution < 1.29 is 9.63 Å². The second-order valence-corrected chi connectivity index (χ2v) is 4.01. The van der Waals surface area contributed by atoms with Crippen LogP contribution in [-0.4, -0.2) is 6.03 Å². The van der Waals surface area contributed by atoms with Crippen molar-refractivity contribution in [1.29, 1.82) is 5.26 Å². The number of para-hydroxylation sites is 1. The van der Waals surface area contributed by atoms with Crippen molar-refractivity contribution in [1.82, 2.24) is 5.48 Å². The van der Waals surface area contributed by atoms with Gasteiger partial charge in [0.25, 0.3) is 0 Å². The number of benzene rings is 2. The number of hydrogen-bond donors (Lipinski definition) is 1.